The molecule has 0 aliphatic carbocycles. The number of hydrogen-bond acceptors (Lipinski definition) is 6. The van der Waals surface area contributed by atoms with Gasteiger partial charge in [0.25, 0.3) is 0 Å². The van der Waals surface area contributed by atoms with Crippen molar-refractivity contribution in [3.63, 3.8) is 0 Å². The Morgan fingerprint density at radius 3 is 3.00 bits per heavy atom. The van der Waals surface area contributed by atoms with Crippen molar-refractivity contribution in [1.82, 2.24) is 9.97 Å². The molecular formula is C15H13N3O3. The molecule has 2 heterocycles. The van der Waals surface area contributed by atoms with E-state index in [2.05, 4.69) is 15.3 Å². The first-order valence-electron chi connectivity index (χ1n) is 6.52. The second kappa shape index (κ2) is 5.62. The summed E-state index contributed by atoms with van der Waals surface area (Å²) in [5.74, 6) is 0.0765. The Bertz CT molecular complexity index is 749. The third-order valence-corrected chi connectivity index (χ3v) is 2.80. The summed E-state index contributed by atoms with van der Waals surface area (Å²) in [7, 11) is 0. The number of pyridine rings is 1. The number of nitrogens with zero attached hydrogens (tertiary/aromatic N) is 2. The van der Waals surface area contributed by atoms with Crippen molar-refractivity contribution in [2.75, 3.05) is 11.9 Å². The molecule has 2 aromatic heterocycles. The molecule has 0 atom stereocenters. The number of nitrogens with one attached hydrogen (secondary N) is 1. The molecule has 1 N–H and O–H groups in total. The van der Waals surface area contributed by atoms with E-state index in [-0.39, 0.29) is 5.97 Å². The van der Waals surface area contributed by atoms with Crippen LogP contribution >= 0.6 is 0 Å². The highest BCUT2D eigenvalue weighted by Gasteiger charge is 2.10. The molecule has 106 valence electrons. The van der Waals surface area contributed by atoms with Crippen LogP contribution in [0.25, 0.3) is 11.1 Å². The Hall–Kier alpha value is -2.89. The number of carbonyl (C=O) groups is 1. The lowest BCUT2D eigenvalue weighted by molar-refractivity contribution is 0.0526. The molecule has 0 fully saturated rings. The van der Waals surface area contributed by atoms with E-state index in [0.29, 0.717) is 29.6 Å². The van der Waals surface area contributed by atoms with Crippen LogP contribution in [0.1, 0.15) is 17.3 Å². The Kier molecular flexibility index (Phi) is 3.51. The number of anilines is 2. The SMILES string of the molecule is CCOC(=O)c1ccnc(Nc2nc3ccccc3o2)c1. The summed E-state index contributed by atoms with van der Waals surface area (Å²) >= 11 is 0. The Balaban J connectivity index is 1.84. The van der Waals surface area contributed by atoms with Crippen LogP contribution in [-0.4, -0.2) is 22.5 Å². The van der Waals surface area contributed by atoms with Crippen LogP contribution in [0.2, 0.25) is 0 Å². The molecule has 0 radical (unpaired) electrons. The highest BCUT2D eigenvalue weighted by molar-refractivity contribution is 5.90. The highest BCUT2D eigenvalue weighted by atomic mass is 16.5. The molecule has 0 saturated carbocycles. The predicted molar refractivity (Wildman–Crippen MR) is 77.5 cm³/mol. The zero-order valence-corrected chi connectivity index (χ0v) is 11.4. The van der Waals surface area contributed by atoms with Gasteiger partial charge in [-0.1, -0.05) is 12.1 Å². The quantitative estimate of drug-likeness (QED) is 0.741. The van der Waals surface area contributed by atoms with Crippen LogP contribution in [0.5, 0.6) is 0 Å². The van der Waals surface area contributed by atoms with Gasteiger partial charge in [-0.05, 0) is 31.2 Å². The van der Waals surface area contributed by atoms with Crippen molar-refractivity contribution in [3.8, 4) is 0 Å². The fourth-order valence-electron chi connectivity index (χ4n) is 1.88. The number of esters is 1. The number of benzene rings is 1. The topological polar surface area (TPSA) is 77.2 Å². The van der Waals surface area contributed by atoms with Crippen LogP contribution < -0.4 is 5.32 Å². The van der Waals surface area contributed by atoms with E-state index in [4.69, 9.17) is 9.15 Å². The predicted octanol–water partition coefficient (Wildman–Crippen LogP) is 3.14. The number of rotatable bonds is 4. The van der Waals surface area contributed by atoms with Crippen LogP contribution in [0.15, 0.2) is 47.0 Å². The van der Waals surface area contributed by atoms with Crippen molar-refractivity contribution in [2.24, 2.45) is 0 Å². The molecule has 0 aliphatic rings. The fourth-order valence-corrected chi connectivity index (χ4v) is 1.88. The first-order valence-corrected chi connectivity index (χ1v) is 6.52. The molecule has 0 unspecified atom stereocenters. The summed E-state index contributed by atoms with van der Waals surface area (Å²) in [6.45, 7) is 2.09. The van der Waals surface area contributed by atoms with Crippen LogP contribution in [0, 0.1) is 0 Å². The van der Waals surface area contributed by atoms with Gasteiger partial charge in [-0.25, -0.2) is 9.78 Å². The minimum atomic E-state index is -0.388. The van der Waals surface area contributed by atoms with Gasteiger partial charge in [0.2, 0.25) is 0 Å². The average molecular weight is 283 g/mol. The Labute approximate surface area is 120 Å². The summed E-state index contributed by atoms with van der Waals surface area (Å²) in [5, 5.41) is 2.93. The number of fused-ring (bicyclic) bond motifs is 1. The maximum absolute atomic E-state index is 11.7. The average Bonchev–Trinajstić information content (AvgIpc) is 2.90. The number of carbonyl (C=O) groups excluding carboxylic acids is 1. The van der Waals surface area contributed by atoms with Gasteiger partial charge in [-0.2, -0.15) is 4.98 Å². The maximum Gasteiger partial charge on any atom is 0.338 e. The van der Waals surface area contributed by atoms with Gasteiger partial charge in [0.05, 0.1) is 12.2 Å². The molecule has 3 rings (SSSR count). The molecular weight excluding hydrogens is 270 g/mol. The summed E-state index contributed by atoms with van der Waals surface area (Å²) in [6.07, 6.45) is 1.53. The van der Waals surface area contributed by atoms with Gasteiger partial charge in [-0.15, -0.1) is 0 Å². The number of aromatic nitrogens is 2. The molecule has 6 nitrogen and oxygen atoms in total. The smallest absolute Gasteiger partial charge is 0.338 e. The van der Waals surface area contributed by atoms with Gasteiger partial charge in [0.1, 0.15) is 11.3 Å². The van der Waals surface area contributed by atoms with E-state index in [0.717, 1.165) is 5.52 Å². The van der Waals surface area contributed by atoms with Crippen LogP contribution in [0.3, 0.4) is 0 Å². The van der Waals surface area contributed by atoms with E-state index >= 15 is 0 Å². The maximum atomic E-state index is 11.7. The minimum absolute atomic E-state index is 0.324. The third kappa shape index (κ3) is 2.84. The van der Waals surface area contributed by atoms with Gasteiger partial charge in [-0.3, -0.25) is 5.32 Å². The summed E-state index contributed by atoms with van der Waals surface area (Å²) in [5.41, 5.74) is 1.86. The molecule has 0 aliphatic heterocycles. The molecule has 3 aromatic rings. The molecule has 0 amide bonds. The number of hydrogen-bond donors (Lipinski definition) is 1. The second-order valence-electron chi connectivity index (χ2n) is 4.26. The van der Waals surface area contributed by atoms with Crippen molar-refractivity contribution in [1.29, 1.82) is 0 Å². The van der Waals surface area contributed by atoms with Crippen molar-refractivity contribution >= 4 is 28.9 Å². The van der Waals surface area contributed by atoms with Gasteiger partial charge >= 0.3 is 12.0 Å². The first kappa shape index (κ1) is 13.1. The van der Waals surface area contributed by atoms with Crippen LogP contribution in [0.4, 0.5) is 11.8 Å². The summed E-state index contributed by atoms with van der Waals surface area (Å²) < 4.78 is 10.5. The van der Waals surface area contributed by atoms with Crippen molar-refractivity contribution in [3.05, 3.63) is 48.2 Å². The third-order valence-electron chi connectivity index (χ3n) is 2.80. The Morgan fingerprint density at radius 2 is 2.19 bits per heavy atom. The molecule has 21 heavy (non-hydrogen) atoms. The zero-order valence-electron chi connectivity index (χ0n) is 11.4. The van der Waals surface area contributed by atoms with Gasteiger partial charge in [0, 0.05) is 6.20 Å². The number of oxazole rings is 1. The molecule has 0 bridgehead atoms. The second-order valence-corrected chi connectivity index (χ2v) is 4.26. The highest BCUT2D eigenvalue weighted by Crippen LogP contribution is 2.21. The van der Waals surface area contributed by atoms with Gasteiger partial charge < -0.3 is 9.15 Å². The summed E-state index contributed by atoms with van der Waals surface area (Å²) in [6, 6.07) is 10.9. The minimum Gasteiger partial charge on any atom is -0.462 e. The fraction of sp³-hybridized carbons (Fsp3) is 0.133. The monoisotopic (exact) mass is 283 g/mol. The van der Waals surface area contributed by atoms with E-state index in [1.165, 1.54) is 6.20 Å². The van der Waals surface area contributed by atoms with Crippen LogP contribution in [-0.2, 0) is 4.74 Å². The first-order chi connectivity index (χ1) is 10.3. The lowest BCUT2D eigenvalue weighted by atomic mass is 10.2. The van der Waals surface area contributed by atoms with Crippen molar-refractivity contribution in [2.45, 2.75) is 6.92 Å². The molecule has 0 saturated heterocycles. The number of para-hydroxylation sites is 2. The Morgan fingerprint density at radius 1 is 1.33 bits per heavy atom. The molecule has 6 heteroatoms. The normalized spacial score (nSPS) is 10.5. The molecule has 0 spiro atoms. The van der Waals surface area contributed by atoms with Gasteiger partial charge in [0.15, 0.2) is 5.58 Å². The van der Waals surface area contributed by atoms with E-state index in [1.54, 1.807) is 19.1 Å². The summed E-state index contributed by atoms with van der Waals surface area (Å²) in [4.78, 5) is 20.1. The van der Waals surface area contributed by atoms with E-state index in [9.17, 15) is 4.79 Å². The van der Waals surface area contributed by atoms with Crippen molar-refractivity contribution < 1.29 is 13.9 Å². The standard InChI is InChI=1S/C15H13N3O3/c1-2-20-14(19)10-7-8-16-13(9-10)18-15-17-11-5-3-4-6-12(11)21-15/h3-9H,2H2,1H3,(H,16,17,18). The lowest BCUT2D eigenvalue weighted by Gasteiger charge is -2.04. The lowest BCUT2D eigenvalue weighted by Crippen LogP contribution is -2.05. The van der Waals surface area contributed by atoms with E-state index in [1.807, 2.05) is 24.3 Å². The largest absolute Gasteiger partial charge is 0.462 e. The zero-order chi connectivity index (χ0) is 14.7. The molecule has 1 aromatic carbocycles. The number of ether oxygens (including phenoxy) is 1. The van der Waals surface area contributed by atoms with E-state index < -0.39 is 0 Å².